The number of hydrogen-bond acceptors (Lipinski definition) is 6. The summed E-state index contributed by atoms with van der Waals surface area (Å²) in [5.41, 5.74) is -3.47. The van der Waals surface area contributed by atoms with Crippen LogP contribution in [0.2, 0.25) is 0 Å². The average molecular weight is 344 g/mol. The van der Waals surface area contributed by atoms with E-state index in [-0.39, 0.29) is 12.8 Å². The van der Waals surface area contributed by atoms with Gasteiger partial charge in [-0.1, -0.05) is 0 Å². The van der Waals surface area contributed by atoms with Crippen molar-refractivity contribution in [3.8, 4) is 5.88 Å². The Hall–Kier alpha value is -2.53. The van der Waals surface area contributed by atoms with E-state index in [0.29, 0.717) is 0 Å². The number of halogens is 5. The molecule has 128 valence electrons. The molecule has 0 spiro atoms. The second-order valence-corrected chi connectivity index (χ2v) is 3.93. The first-order chi connectivity index (χ1) is 10.6. The van der Waals surface area contributed by atoms with Crippen LogP contribution in [0, 0.1) is 10.1 Å². The number of nitrogens with zero attached hydrogens (tertiary/aromatic N) is 2. The first-order valence-electron chi connectivity index (χ1n) is 5.92. The van der Waals surface area contributed by atoms with E-state index in [9.17, 15) is 36.9 Å². The summed E-state index contributed by atoms with van der Waals surface area (Å²) in [5, 5.41) is 11.0. The zero-order chi connectivity index (χ0) is 17.8. The number of pyridine rings is 1. The molecule has 0 N–H and O–H groups in total. The second-order valence-electron chi connectivity index (χ2n) is 3.93. The largest absolute Gasteiger partial charge is 0.574 e. The summed E-state index contributed by atoms with van der Waals surface area (Å²) in [5.74, 6) is -2.66. The molecule has 1 heterocycles. The molecule has 0 amide bonds. The predicted octanol–water partition coefficient (Wildman–Crippen LogP) is 2.93. The Labute approximate surface area is 125 Å². The number of esters is 1. The molecule has 0 saturated carbocycles. The van der Waals surface area contributed by atoms with Crippen molar-refractivity contribution < 1.29 is 41.1 Å². The first-order valence-corrected chi connectivity index (χ1v) is 5.92. The number of alkyl halides is 5. The quantitative estimate of drug-likeness (QED) is 0.341. The summed E-state index contributed by atoms with van der Waals surface area (Å²) in [6.07, 6.45) is -9.37. The lowest BCUT2D eigenvalue weighted by molar-refractivity contribution is -0.390. The Morgan fingerprint density at radius 1 is 1.43 bits per heavy atom. The molecule has 0 bridgehead atoms. The third-order valence-corrected chi connectivity index (χ3v) is 2.41. The van der Waals surface area contributed by atoms with Crippen molar-refractivity contribution in [3.63, 3.8) is 0 Å². The zero-order valence-electron chi connectivity index (χ0n) is 11.4. The maximum Gasteiger partial charge on any atom is 0.574 e. The topological polar surface area (TPSA) is 91.6 Å². The molecule has 12 heteroatoms. The van der Waals surface area contributed by atoms with Crippen molar-refractivity contribution in [1.29, 1.82) is 0 Å². The van der Waals surface area contributed by atoms with Crippen LogP contribution >= 0.6 is 0 Å². The van der Waals surface area contributed by atoms with Crippen LogP contribution in [0.1, 0.15) is 24.5 Å². The molecule has 1 rings (SSSR count). The Morgan fingerprint density at radius 3 is 2.48 bits per heavy atom. The molecule has 0 aliphatic heterocycles. The molecule has 1 aromatic rings. The van der Waals surface area contributed by atoms with Gasteiger partial charge in [0, 0.05) is 11.8 Å². The highest BCUT2D eigenvalue weighted by molar-refractivity contribution is 5.75. The van der Waals surface area contributed by atoms with Gasteiger partial charge >= 0.3 is 23.9 Å². The summed E-state index contributed by atoms with van der Waals surface area (Å²) in [7, 11) is 0. The van der Waals surface area contributed by atoms with Crippen LogP contribution in [-0.2, 0) is 16.0 Å². The number of rotatable bonds is 6. The summed E-state index contributed by atoms with van der Waals surface area (Å²) < 4.78 is 70.3. The van der Waals surface area contributed by atoms with Crippen molar-refractivity contribution in [2.24, 2.45) is 0 Å². The van der Waals surface area contributed by atoms with Gasteiger partial charge in [0.25, 0.3) is 6.43 Å². The maximum atomic E-state index is 12.9. The van der Waals surface area contributed by atoms with Crippen LogP contribution in [0.5, 0.6) is 5.88 Å². The molecule has 23 heavy (non-hydrogen) atoms. The van der Waals surface area contributed by atoms with E-state index in [4.69, 9.17) is 0 Å². The molecule has 0 atom stereocenters. The first kappa shape index (κ1) is 18.5. The van der Waals surface area contributed by atoms with Crippen LogP contribution in [-0.4, -0.2) is 28.8 Å². The number of carbonyl (C=O) groups is 1. The minimum atomic E-state index is -5.33. The summed E-state index contributed by atoms with van der Waals surface area (Å²) in [6, 6.07) is 0. The lowest BCUT2D eigenvalue weighted by atomic mass is 10.1. The van der Waals surface area contributed by atoms with Gasteiger partial charge in [0.2, 0.25) is 0 Å². The smallest absolute Gasteiger partial charge is 0.466 e. The summed E-state index contributed by atoms with van der Waals surface area (Å²) in [4.78, 5) is 23.9. The molecule has 1 aromatic heterocycles. The normalized spacial score (nSPS) is 11.4. The van der Waals surface area contributed by atoms with Crippen LogP contribution in [0.3, 0.4) is 0 Å². The van der Waals surface area contributed by atoms with Gasteiger partial charge in [0.1, 0.15) is 0 Å². The molecule has 0 fully saturated rings. The van der Waals surface area contributed by atoms with Gasteiger partial charge in [0.15, 0.2) is 0 Å². The van der Waals surface area contributed by atoms with Crippen LogP contribution in [0.25, 0.3) is 0 Å². The fourth-order valence-corrected chi connectivity index (χ4v) is 1.64. The van der Waals surface area contributed by atoms with Gasteiger partial charge in [-0.25, -0.2) is 13.8 Å². The monoisotopic (exact) mass is 344 g/mol. The van der Waals surface area contributed by atoms with Crippen LogP contribution in [0.4, 0.5) is 27.6 Å². The van der Waals surface area contributed by atoms with Gasteiger partial charge < -0.3 is 9.47 Å². The number of nitro groups is 1. The highest BCUT2D eigenvalue weighted by atomic mass is 19.4. The van der Waals surface area contributed by atoms with E-state index < -0.39 is 52.8 Å². The van der Waals surface area contributed by atoms with Gasteiger partial charge in [-0.2, -0.15) is 0 Å². The standard InChI is InChI=1S/C11H9F5N2O5/c1-2-22-7(19)3-5-6(9(12)13)4-17-10(8(5)18(20)21)23-11(14,15)16/h4,9H,2-3H2,1H3. The molecule has 0 saturated heterocycles. The Kier molecular flexibility index (Phi) is 5.76. The van der Waals surface area contributed by atoms with Crippen molar-refractivity contribution in [2.45, 2.75) is 26.1 Å². The Balaban J connectivity index is 3.48. The van der Waals surface area contributed by atoms with Gasteiger partial charge in [-0.3, -0.25) is 14.9 Å². The molecule has 0 aliphatic carbocycles. The van der Waals surface area contributed by atoms with Gasteiger partial charge in [0.05, 0.1) is 23.5 Å². The average Bonchev–Trinajstić information content (AvgIpc) is 2.36. The molecular weight excluding hydrogens is 335 g/mol. The third kappa shape index (κ3) is 5.00. The number of hydrogen-bond donors (Lipinski definition) is 0. The van der Waals surface area contributed by atoms with Crippen molar-refractivity contribution in [1.82, 2.24) is 4.98 Å². The summed E-state index contributed by atoms with van der Waals surface area (Å²) in [6.45, 7) is 1.25. The Morgan fingerprint density at radius 2 is 2.04 bits per heavy atom. The lowest BCUT2D eigenvalue weighted by Gasteiger charge is -2.13. The number of ether oxygens (including phenoxy) is 2. The van der Waals surface area contributed by atoms with E-state index in [0.717, 1.165) is 0 Å². The van der Waals surface area contributed by atoms with E-state index in [2.05, 4.69) is 14.5 Å². The molecule has 0 radical (unpaired) electrons. The lowest BCUT2D eigenvalue weighted by Crippen LogP contribution is -2.20. The van der Waals surface area contributed by atoms with Crippen LogP contribution < -0.4 is 4.74 Å². The van der Waals surface area contributed by atoms with E-state index in [1.807, 2.05) is 0 Å². The van der Waals surface area contributed by atoms with E-state index in [1.165, 1.54) is 6.92 Å². The summed E-state index contributed by atoms with van der Waals surface area (Å²) >= 11 is 0. The predicted molar refractivity (Wildman–Crippen MR) is 62.9 cm³/mol. The molecular formula is C11H9F5N2O5. The SMILES string of the molecule is CCOC(=O)Cc1c(C(F)F)cnc(OC(F)(F)F)c1[N+](=O)[O-]. The van der Waals surface area contributed by atoms with Crippen LogP contribution in [0.15, 0.2) is 6.20 Å². The Bertz CT molecular complexity index is 605. The molecule has 0 unspecified atom stereocenters. The minimum absolute atomic E-state index is 0.145. The fraction of sp³-hybridized carbons (Fsp3) is 0.455. The van der Waals surface area contributed by atoms with E-state index in [1.54, 1.807) is 0 Å². The van der Waals surface area contributed by atoms with E-state index >= 15 is 0 Å². The third-order valence-electron chi connectivity index (χ3n) is 2.41. The molecule has 7 nitrogen and oxygen atoms in total. The minimum Gasteiger partial charge on any atom is -0.466 e. The number of aromatic nitrogens is 1. The fourth-order valence-electron chi connectivity index (χ4n) is 1.64. The van der Waals surface area contributed by atoms with Crippen molar-refractivity contribution in [2.75, 3.05) is 6.61 Å². The highest BCUT2D eigenvalue weighted by Crippen LogP contribution is 2.38. The van der Waals surface area contributed by atoms with Gasteiger partial charge in [-0.05, 0) is 6.92 Å². The van der Waals surface area contributed by atoms with Gasteiger partial charge in [-0.15, -0.1) is 13.2 Å². The van der Waals surface area contributed by atoms with Crippen molar-refractivity contribution >= 4 is 11.7 Å². The zero-order valence-corrected chi connectivity index (χ0v) is 11.4. The second kappa shape index (κ2) is 7.15. The maximum absolute atomic E-state index is 12.9. The van der Waals surface area contributed by atoms with Crippen molar-refractivity contribution in [3.05, 3.63) is 27.4 Å². The highest BCUT2D eigenvalue weighted by Gasteiger charge is 2.38. The molecule has 0 aliphatic rings. The number of carbonyl (C=O) groups excluding carboxylic acids is 1. The molecule has 0 aromatic carbocycles.